The van der Waals surface area contributed by atoms with Gasteiger partial charge in [0.2, 0.25) is 0 Å². The van der Waals surface area contributed by atoms with Gasteiger partial charge in [-0.05, 0) is 60.7 Å². The number of nitrogens with zero attached hydrogens (tertiary/aromatic N) is 8. The molecule has 8 heteroatoms. The summed E-state index contributed by atoms with van der Waals surface area (Å²) in [5.41, 5.74) is 8.50. The molecule has 0 unspecified atom stereocenters. The van der Waals surface area contributed by atoms with Crippen LogP contribution in [-0.4, -0.2) is 39.9 Å². The van der Waals surface area contributed by atoms with Crippen LogP contribution >= 0.6 is 0 Å². The molecule has 6 aromatic heterocycles. The van der Waals surface area contributed by atoms with Crippen molar-refractivity contribution in [1.82, 2.24) is 39.9 Å². The third-order valence-electron chi connectivity index (χ3n) is 6.68. The molecule has 198 valence electrons. The molecule has 42 heavy (non-hydrogen) atoms. The predicted molar refractivity (Wildman–Crippen MR) is 161 cm³/mol. The monoisotopic (exact) mass is 542 g/mol. The Bertz CT molecular complexity index is 1690. The number of hydrogen-bond donors (Lipinski definition) is 0. The molecule has 6 heterocycles. The first kappa shape index (κ1) is 25.0. The molecule has 0 spiro atoms. The molecule has 0 aliphatic rings. The van der Waals surface area contributed by atoms with Crippen LogP contribution < -0.4 is 0 Å². The van der Waals surface area contributed by atoms with Crippen LogP contribution in [0, 0.1) is 0 Å². The smallest absolute Gasteiger partial charge is 0.160 e. The van der Waals surface area contributed by atoms with E-state index in [1.54, 1.807) is 49.6 Å². The molecule has 0 aliphatic carbocycles. The minimum Gasteiger partial charge on any atom is -0.264 e. The molecular weight excluding hydrogens is 520 g/mol. The van der Waals surface area contributed by atoms with E-state index in [9.17, 15) is 0 Å². The highest BCUT2D eigenvalue weighted by Gasteiger charge is 2.14. The summed E-state index contributed by atoms with van der Waals surface area (Å²) >= 11 is 0. The van der Waals surface area contributed by atoms with Crippen LogP contribution in [0.1, 0.15) is 0 Å². The maximum Gasteiger partial charge on any atom is 0.160 e. The predicted octanol–water partition coefficient (Wildman–Crippen LogP) is 6.85. The highest BCUT2D eigenvalue weighted by Crippen LogP contribution is 2.30. The third kappa shape index (κ3) is 5.24. The lowest BCUT2D eigenvalue weighted by Crippen LogP contribution is -1.98. The topological polar surface area (TPSA) is 103 Å². The Labute approximate surface area is 242 Å². The van der Waals surface area contributed by atoms with Gasteiger partial charge < -0.3 is 0 Å². The Morgan fingerprint density at radius 1 is 0.310 bits per heavy atom. The fourth-order valence-electron chi connectivity index (χ4n) is 4.57. The maximum absolute atomic E-state index is 4.89. The highest BCUT2D eigenvalue weighted by molar-refractivity contribution is 5.74. The van der Waals surface area contributed by atoms with Gasteiger partial charge in [0.15, 0.2) is 11.6 Å². The summed E-state index contributed by atoms with van der Waals surface area (Å²) in [6, 6.07) is 27.4. The molecular formula is C34H22N8. The molecule has 0 fully saturated rings. The highest BCUT2D eigenvalue weighted by atomic mass is 14.9. The lowest BCUT2D eigenvalue weighted by molar-refractivity contribution is 1.16. The Kier molecular flexibility index (Phi) is 6.68. The van der Waals surface area contributed by atoms with E-state index < -0.39 is 0 Å². The summed E-state index contributed by atoms with van der Waals surface area (Å²) in [5, 5.41) is 0. The van der Waals surface area contributed by atoms with Crippen molar-refractivity contribution in [3.63, 3.8) is 0 Å². The van der Waals surface area contributed by atoms with E-state index in [2.05, 4.69) is 19.9 Å². The van der Waals surface area contributed by atoms with Gasteiger partial charge in [-0.2, -0.15) is 0 Å². The van der Waals surface area contributed by atoms with Gasteiger partial charge in [0.25, 0.3) is 0 Å². The summed E-state index contributed by atoms with van der Waals surface area (Å²) in [6.07, 6.45) is 14.2. The summed E-state index contributed by atoms with van der Waals surface area (Å²) in [5.74, 6) is 1.20. The van der Waals surface area contributed by atoms with Crippen molar-refractivity contribution in [2.75, 3.05) is 0 Å². The van der Waals surface area contributed by atoms with Gasteiger partial charge in [-0.25, -0.2) is 19.9 Å². The van der Waals surface area contributed by atoms with Crippen LogP contribution in [0.25, 0.3) is 67.8 Å². The quantitative estimate of drug-likeness (QED) is 0.225. The second kappa shape index (κ2) is 11.2. The fourth-order valence-corrected chi connectivity index (χ4v) is 4.57. The Morgan fingerprint density at radius 2 is 0.595 bits per heavy atom. The first-order valence-corrected chi connectivity index (χ1v) is 13.3. The molecule has 0 saturated heterocycles. The fraction of sp³-hybridized carbons (Fsp3) is 0. The molecule has 0 atom stereocenters. The zero-order valence-corrected chi connectivity index (χ0v) is 22.3. The number of pyridine rings is 4. The second-order valence-electron chi connectivity index (χ2n) is 9.47. The van der Waals surface area contributed by atoms with Crippen LogP contribution in [0.5, 0.6) is 0 Å². The lowest BCUT2D eigenvalue weighted by Gasteiger charge is -2.11. The van der Waals surface area contributed by atoms with E-state index in [1.165, 1.54) is 0 Å². The Morgan fingerprint density at radius 3 is 0.833 bits per heavy atom. The average molecular weight is 543 g/mol. The van der Waals surface area contributed by atoms with Crippen molar-refractivity contribution < 1.29 is 0 Å². The van der Waals surface area contributed by atoms with Crippen molar-refractivity contribution in [2.45, 2.75) is 0 Å². The number of aromatic nitrogens is 8. The minimum atomic E-state index is 0.600. The minimum absolute atomic E-state index is 0.600. The molecule has 0 bridgehead atoms. The molecule has 0 aliphatic heterocycles. The van der Waals surface area contributed by atoms with Crippen LogP contribution in [-0.2, 0) is 0 Å². The van der Waals surface area contributed by atoms with E-state index in [1.807, 2.05) is 84.9 Å². The van der Waals surface area contributed by atoms with Gasteiger partial charge in [-0.3, -0.25) is 19.9 Å². The first-order chi connectivity index (χ1) is 20.8. The summed E-state index contributed by atoms with van der Waals surface area (Å²) in [7, 11) is 0. The molecule has 0 radical (unpaired) electrons. The SMILES string of the molecule is c1cncc(-c2cc(-c3cccnc3)nc(-c3ccc(-c4nc(-c5cccnc5)cc(-c5cccnc5)n4)cc3)n2)c1. The number of benzene rings is 1. The van der Waals surface area contributed by atoms with Gasteiger partial charge in [-0.1, -0.05) is 24.3 Å². The Hall–Kier alpha value is -6.02. The van der Waals surface area contributed by atoms with Crippen molar-refractivity contribution in [2.24, 2.45) is 0 Å². The average Bonchev–Trinajstić information content (AvgIpc) is 3.09. The molecule has 0 saturated carbocycles. The molecule has 0 N–H and O–H groups in total. The van der Waals surface area contributed by atoms with Crippen molar-refractivity contribution in [3.8, 4) is 67.8 Å². The Balaban J connectivity index is 1.31. The number of hydrogen-bond acceptors (Lipinski definition) is 8. The largest absolute Gasteiger partial charge is 0.264 e. The summed E-state index contributed by atoms with van der Waals surface area (Å²) in [6.45, 7) is 0. The van der Waals surface area contributed by atoms with Crippen molar-refractivity contribution in [1.29, 1.82) is 0 Å². The van der Waals surface area contributed by atoms with Crippen molar-refractivity contribution >= 4 is 0 Å². The van der Waals surface area contributed by atoms with Gasteiger partial charge in [0.1, 0.15) is 0 Å². The lowest BCUT2D eigenvalue weighted by atomic mass is 10.1. The summed E-state index contributed by atoms with van der Waals surface area (Å²) < 4.78 is 0. The van der Waals surface area contributed by atoms with Gasteiger partial charge in [-0.15, -0.1) is 0 Å². The molecule has 8 nitrogen and oxygen atoms in total. The van der Waals surface area contributed by atoms with Crippen molar-refractivity contribution in [3.05, 3.63) is 135 Å². The van der Waals surface area contributed by atoms with Crippen LogP contribution in [0.3, 0.4) is 0 Å². The van der Waals surface area contributed by atoms with E-state index in [0.29, 0.717) is 11.6 Å². The summed E-state index contributed by atoms with van der Waals surface area (Å²) in [4.78, 5) is 36.7. The zero-order valence-electron chi connectivity index (χ0n) is 22.3. The molecule has 7 rings (SSSR count). The normalized spacial score (nSPS) is 10.9. The number of rotatable bonds is 6. The van der Waals surface area contributed by atoms with E-state index >= 15 is 0 Å². The standard InChI is InChI=1S/C34H22N8/c1-5-25(19-35-13-1)29-17-30(26-6-2-14-36-20-26)40-33(39-29)23-9-11-24(12-10-23)34-41-31(27-7-3-15-37-21-27)18-32(42-34)28-8-4-16-38-22-28/h1-22H. The van der Waals surface area contributed by atoms with Crippen LogP contribution in [0.4, 0.5) is 0 Å². The van der Waals surface area contributed by atoms with Crippen LogP contribution in [0.2, 0.25) is 0 Å². The van der Waals surface area contributed by atoms with E-state index in [-0.39, 0.29) is 0 Å². The molecule has 0 amide bonds. The van der Waals surface area contributed by atoms with Gasteiger partial charge >= 0.3 is 0 Å². The molecule has 1 aromatic carbocycles. The van der Waals surface area contributed by atoms with E-state index in [0.717, 1.165) is 56.2 Å². The molecule has 7 aromatic rings. The maximum atomic E-state index is 4.89. The van der Waals surface area contributed by atoms with Crippen LogP contribution in [0.15, 0.2) is 135 Å². The third-order valence-corrected chi connectivity index (χ3v) is 6.68. The van der Waals surface area contributed by atoms with Gasteiger partial charge in [0, 0.05) is 83.0 Å². The second-order valence-corrected chi connectivity index (χ2v) is 9.47. The van der Waals surface area contributed by atoms with E-state index in [4.69, 9.17) is 19.9 Å². The zero-order chi connectivity index (χ0) is 28.1. The first-order valence-electron chi connectivity index (χ1n) is 13.3. The van der Waals surface area contributed by atoms with Gasteiger partial charge in [0.05, 0.1) is 22.8 Å².